The number of carbonyl (C=O) groups is 1. The third kappa shape index (κ3) is 5.79. The summed E-state index contributed by atoms with van der Waals surface area (Å²) in [6, 6.07) is 10.5. The van der Waals surface area contributed by atoms with E-state index in [1.807, 2.05) is 36.2 Å². The van der Waals surface area contributed by atoms with E-state index in [4.69, 9.17) is 5.26 Å². The Labute approximate surface area is 163 Å². The fourth-order valence-corrected chi connectivity index (χ4v) is 4.26. The topological polar surface area (TPSA) is 50.6 Å². The van der Waals surface area contributed by atoms with Crippen LogP contribution in [0.4, 0.5) is 0 Å². The number of nitriles is 1. The van der Waals surface area contributed by atoms with Crippen LogP contribution in [0.3, 0.4) is 0 Å². The zero-order valence-corrected chi connectivity index (χ0v) is 16.6. The van der Waals surface area contributed by atoms with Crippen molar-refractivity contribution in [3.63, 3.8) is 0 Å². The Hall–Kier alpha value is -1.90. The summed E-state index contributed by atoms with van der Waals surface area (Å²) in [5.41, 5.74) is 1.96. The number of benzene rings is 1. The Morgan fingerprint density at radius 1 is 1.04 bits per heavy atom. The molecule has 0 radical (unpaired) electrons. The summed E-state index contributed by atoms with van der Waals surface area (Å²) in [5.74, 6) is 0.280. The molecule has 1 saturated carbocycles. The van der Waals surface area contributed by atoms with Crippen LogP contribution in [0.1, 0.15) is 49.7 Å². The predicted octanol–water partition coefficient (Wildman–Crippen LogP) is 2.86. The molecule has 2 fully saturated rings. The highest BCUT2D eigenvalue weighted by Crippen LogP contribution is 2.21. The zero-order chi connectivity index (χ0) is 19.1. The molecule has 1 aliphatic heterocycles. The van der Waals surface area contributed by atoms with E-state index in [0.717, 1.165) is 39.1 Å². The second kappa shape index (κ2) is 9.87. The van der Waals surface area contributed by atoms with E-state index in [1.165, 1.54) is 37.7 Å². The molecule has 0 bridgehead atoms. The molecule has 3 rings (SSSR count). The Morgan fingerprint density at radius 2 is 1.70 bits per heavy atom. The Bertz CT molecular complexity index is 645. The van der Waals surface area contributed by atoms with Gasteiger partial charge < -0.3 is 4.90 Å². The van der Waals surface area contributed by atoms with E-state index in [1.54, 1.807) is 0 Å². The fourth-order valence-electron chi connectivity index (χ4n) is 4.26. The lowest BCUT2D eigenvalue weighted by Crippen LogP contribution is -2.44. The van der Waals surface area contributed by atoms with Crippen molar-refractivity contribution in [2.75, 3.05) is 39.8 Å². The minimum Gasteiger partial charge on any atom is -0.342 e. The molecule has 2 aliphatic rings. The van der Waals surface area contributed by atoms with Gasteiger partial charge in [-0.2, -0.15) is 5.26 Å². The highest BCUT2D eigenvalue weighted by atomic mass is 16.2. The first kappa shape index (κ1) is 19.9. The second-order valence-corrected chi connectivity index (χ2v) is 8.01. The van der Waals surface area contributed by atoms with Crippen LogP contribution in [0.5, 0.6) is 0 Å². The summed E-state index contributed by atoms with van der Waals surface area (Å²) in [7, 11) is 1.99. The predicted molar refractivity (Wildman–Crippen MR) is 107 cm³/mol. The van der Waals surface area contributed by atoms with Gasteiger partial charge in [-0.3, -0.25) is 14.6 Å². The molecular formula is C22H32N4O. The average molecular weight is 369 g/mol. The molecule has 1 amide bonds. The summed E-state index contributed by atoms with van der Waals surface area (Å²) < 4.78 is 0. The quantitative estimate of drug-likeness (QED) is 0.802. The second-order valence-electron chi connectivity index (χ2n) is 8.01. The van der Waals surface area contributed by atoms with Gasteiger partial charge in [-0.05, 0) is 50.0 Å². The van der Waals surface area contributed by atoms with Crippen LogP contribution < -0.4 is 0 Å². The van der Waals surface area contributed by atoms with Crippen LogP contribution in [-0.4, -0.2) is 66.4 Å². The minimum absolute atomic E-state index is 0.280. The van der Waals surface area contributed by atoms with E-state index in [0.29, 0.717) is 18.2 Å². The lowest BCUT2D eigenvalue weighted by atomic mass is 9.94. The highest BCUT2D eigenvalue weighted by molar-refractivity contribution is 5.78. The first-order chi connectivity index (χ1) is 13.2. The van der Waals surface area contributed by atoms with Crippen molar-refractivity contribution in [1.82, 2.24) is 14.7 Å². The smallest absolute Gasteiger partial charge is 0.236 e. The summed E-state index contributed by atoms with van der Waals surface area (Å²) in [6.07, 6.45) is 7.27. The SMILES string of the molecule is CN(C(=O)CN1CCCN(Cc2ccc(C#N)cc2)CC1)C1CCCCC1. The largest absolute Gasteiger partial charge is 0.342 e. The van der Waals surface area contributed by atoms with Gasteiger partial charge in [0.2, 0.25) is 5.91 Å². The third-order valence-electron chi connectivity index (χ3n) is 6.05. The van der Waals surface area contributed by atoms with Gasteiger partial charge in [-0.25, -0.2) is 0 Å². The fraction of sp³-hybridized carbons (Fsp3) is 0.636. The van der Waals surface area contributed by atoms with Gasteiger partial charge >= 0.3 is 0 Å². The lowest BCUT2D eigenvalue weighted by Gasteiger charge is -2.33. The number of carbonyl (C=O) groups excluding carboxylic acids is 1. The Balaban J connectivity index is 1.46. The number of hydrogen-bond donors (Lipinski definition) is 0. The number of hydrogen-bond acceptors (Lipinski definition) is 4. The number of likely N-dealkylation sites (N-methyl/N-ethyl adjacent to an activating group) is 1. The third-order valence-corrected chi connectivity index (χ3v) is 6.05. The van der Waals surface area contributed by atoms with Gasteiger partial charge in [0.15, 0.2) is 0 Å². The van der Waals surface area contributed by atoms with E-state index in [9.17, 15) is 4.79 Å². The molecule has 1 aliphatic carbocycles. The summed E-state index contributed by atoms with van der Waals surface area (Å²) in [4.78, 5) is 19.5. The van der Waals surface area contributed by atoms with Crippen molar-refractivity contribution >= 4 is 5.91 Å². The maximum absolute atomic E-state index is 12.7. The normalized spacial score (nSPS) is 20.0. The molecule has 1 heterocycles. The van der Waals surface area contributed by atoms with Gasteiger partial charge in [0, 0.05) is 32.7 Å². The van der Waals surface area contributed by atoms with Gasteiger partial charge in [-0.1, -0.05) is 31.4 Å². The number of amides is 1. The van der Waals surface area contributed by atoms with Gasteiger partial charge in [0.25, 0.3) is 0 Å². The molecule has 0 spiro atoms. The minimum atomic E-state index is 0.280. The maximum Gasteiger partial charge on any atom is 0.236 e. The standard InChI is InChI=1S/C22H32N4O/c1-24(21-6-3-2-4-7-21)22(27)18-26-13-5-12-25(14-15-26)17-20-10-8-19(16-23)9-11-20/h8-11,21H,2-7,12-15,17-18H2,1H3. The Morgan fingerprint density at radius 3 is 2.41 bits per heavy atom. The lowest BCUT2D eigenvalue weighted by molar-refractivity contribution is -0.133. The average Bonchev–Trinajstić information content (AvgIpc) is 2.93. The van der Waals surface area contributed by atoms with Gasteiger partial charge in [0.05, 0.1) is 18.2 Å². The summed E-state index contributed by atoms with van der Waals surface area (Å²) in [6.45, 7) is 5.45. The highest BCUT2D eigenvalue weighted by Gasteiger charge is 2.24. The summed E-state index contributed by atoms with van der Waals surface area (Å²) >= 11 is 0. The van der Waals surface area contributed by atoms with Crippen molar-refractivity contribution in [3.05, 3.63) is 35.4 Å². The first-order valence-corrected chi connectivity index (χ1v) is 10.3. The van der Waals surface area contributed by atoms with Crippen molar-refractivity contribution in [3.8, 4) is 6.07 Å². The monoisotopic (exact) mass is 368 g/mol. The molecule has 27 heavy (non-hydrogen) atoms. The van der Waals surface area contributed by atoms with Crippen molar-refractivity contribution in [1.29, 1.82) is 5.26 Å². The molecule has 0 N–H and O–H groups in total. The summed E-state index contributed by atoms with van der Waals surface area (Å²) in [5, 5.41) is 8.91. The van der Waals surface area contributed by atoms with E-state index in [2.05, 4.69) is 15.9 Å². The van der Waals surface area contributed by atoms with Crippen LogP contribution >= 0.6 is 0 Å². The molecular weight excluding hydrogens is 336 g/mol. The molecule has 5 heteroatoms. The number of nitrogens with zero attached hydrogens (tertiary/aromatic N) is 4. The van der Waals surface area contributed by atoms with Crippen molar-refractivity contribution < 1.29 is 4.79 Å². The van der Waals surface area contributed by atoms with E-state index < -0.39 is 0 Å². The van der Waals surface area contributed by atoms with Crippen molar-refractivity contribution in [2.24, 2.45) is 0 Å². The first-order valence-electron chi connectivity index (χ1n) is 10.3. The van der Waals surface area contributed by atoms with Gasteiger partial charge in [0.1, 0.15) is 0 Å². The van der Waals surface area contributed by atoms with Crippen molar-refractivity contribution in [2.45, 2.75) is 51.1 Å². The molecule has 0 atom stereocenters. The van der Waals surface area contributed by atoms with Crippen LogP contribution in [-0.2, 0) is 11.3 Å². The molecule has 1 saturated heterocycles. The molecule has 5 nitrogen and oxygen atoms in total. The molecule has 146 valence electrons. The Kier molecular flexibility index (Phi) is 7.25. The molecule has 1 aromatic rings. The maximum atomic E-state index is 12.7. The van der Waals surface area contributed by atoms with Crippen LogP contribution in [0.2, 0.25) is 0 Å². The molecule has 1 aromatic carbocycles. The van der Waals surface area contributed by atoms with Crippen LogP contribution in [0.25, 0.3) is 0 Å². The molecule has 0 unspecified atom stereocenters. The van der Waals surface area contributed by atoms with E-state index >= 15 is 0 Å². The molecule has 0 aromatic heterocycles. The number of rotatable bonds is 5. The zero-order valence-electron chi connectivity index (χ0n) is 16.6. The van der Waals surface area contributed by atoms with Gasteiger partial charge in [-0.15, -0.1) is 0 Å². The van der Waals surface area contributed by atoms with Crippen LogP contribution in [0, 0.1) is 11.3 Å². The van der Waals surface area contributed by atoms with E-state index in [-0.39, 0.29) is 5.91 Å². The van der Waals surface area contributed by atoms with Crippen LogP contribution in [0.15, 0.2) is 24.3 Å².